The number of aliphatic hydroxyl groups excluding tert-OH is 1. The second kappa shape index (κ2) is 7.05. The van der Waals surface area contributed by atoms with Crippen LogP contribution in [0.25, 0.3) is 0 Å². The van der Waals surface area contributed by atoms with E-state index in [1.54, 1.807) is 9.58 Å². The van der Waals surface area contributed by atoms with Crippen molar-refractivity contribution in [3.05, 3.63) is 47.2 Å². The number of carbonyl (C=O) groups is 1. The lowest BCUT2D eigenvalue weighted by atomic mass is 9.87. The van der Waals surface area contributed by atoms with Crippen LogP contribution < -0.4 is 5.32 Å². The Morgan fingerprint density at radius 3 is 2.96 bits per heavy atom. The van der Waals surface area contributed by atoms with Crippen molar-refractivity contribution in [2.75, 3.05) is 18.5 Å². The number of fused-ring (bicyclic) bond motifs is 1. The van der Waals surface area contributed by atoms with Gasteiger partial charge in [-0.3, -0.25) is 10.00 Å². The molecule has 128 valence electrons. The monoisotopic (exact) mass is 328 g/mol. The largest absolute Gasteiger partial charge is 0.395 e. The summed E-state index contributed by atoms with van der Waals surface area (Å²) in [6.45, 7) is 2.18. The van der Waals surface area contributed by atoms with Gasteiger partial charge in [0.2, 0.25) is 0 Å². The van der Waals surface area contributed by atoms with Gasteiger partial charge >= 0.3 is 6.03 Å². The standard InChI is InChI=1S/C18H24N4O2/c1-13-12-17(20-21(13)2)19-18(24)22(10-11-23)16-9-5-7-14-6-3-4-8-15(14)16/h3-4,6,8,12,16,23H,5,7,9-11H2,1-2H3,(H,19,20,24). The smallest absolute Gasteiger partial charge is 0.323 e. The molecule has 1 aliphatic rings. The highest BCUT2D eigenvalue weighted by Gasteiger charge is 2.29. The van der Waals surface area contributed by atoms with Gasteiger partial charge in [0.15, 0.2) is 5.82 Å². The molecule has 1 aromatic carbocycles. The van der Waals surface area contributed by atoms with Crippen LogP contribution in [0.4, 0.5) is 10.6 Å². The number of carbonyl (C=O) groups excluding carboxylic acids is 1. The zero-order chi connectivity index (χ0) is 17.1. The van der Waals surface area contributed by atoms with E-state index in [0.29, 0.717) is 12.4 Å². The molecule has 2 amide bonds. The molecule has 0 saturated heterocycles. The van der Waals surface area contributed by atoms with Crippen LogP contribution in [0.2, 0.25) is 0 Å². The second-order valence-corrected chi connectivity index (χ2v) is 6.25. The predicted molar refractivity (Wildman–Crippen MR) is 92.9 cm³/mol. The number of nitrogens with one attached hydrogen (secondary N) is 1. The quantitative estimate of drug-likeness (QED) is 0.906. The highest BCUT2D eigenvalue weighted by atomic mass is 16.3. The zero-order valence-corrected chi connectivity index (χ0v) is 14.2. The summed E-state index contributed by atoms with van der Waals surface area (Å²) in [5, 5.41) is 16.6. The summed E-state index contributed by atoms with van der Waals surface area (Å²) in [6.07, 6.45) is 2.99. The topological polar surface area (TPSA) is 70.4 Å². The van der Waals surface area contributed by atoms with E-state index < -0.39 is 0 Å². The maximum Gasteiger partial charge on any atom is 0.323 e. The summed E-state index contributed by atoms with van der Waals surface area (Å²) in [5.41, 5.74) is 3.45. The van der Waals surface area contributed by atoms with Gasteiger partial charge in [0.25, 0.3) is 0 Å². The Balaban J connectivity index is 1.83. The van der Waals surface area contributed by atoms with Crippen molar-refractivity contribution in [3.8, 4) is 0 Å². The highest BCUT2D eigenvalue weighted by molar-refractivity contribution is 5.88. The number of aromatic nitrogens is 2. The van der Waals surface area contributed by atoms with Crippen LogP contribution in [-0.2, 0) is 13.5 Å². The maximum atomic E-state index is 12.8. The number of hydrogen-bond acceptors (Lipinski definition) is 3. The number of aliphatic hydroxyl groups is 1. The molecule has 6 nitrogen and oxygen atoms in total. The first kappa shape index (κ1) is 16.5. The minimum absolute atomic E-state index is 0.00749. The molecule has 3 rings (SSSR count). The van der Waals surface area contributed by atoms with Gasteiger partial charge < -0.3 is 10.0 Å². The number of aryl methyl sites for hydroxylation is 3. The molecule has 1 aliphatic carbocycles. The van der Waals surface area contributed by atoms with Gasteiger partial charge in [0, 0.05) is 25.4 Å². The summed E-state index contributed by atoms with van der Waals surface area (Å²) in [6, 6.07) is 9.86. The molecule has 1 unspecified atom stereocenters. The zero-order valence-electron chi connectivity index (χ0n) is 14.2. The average molecular weight is 328 g/mol. The van der Waals surface area contributed by atoms with Gasteiger partial charge in [-0.2, -0.15) is 5.10 Å². The van der Waals surface area contributed by atoms with E-state index in [-0.39, 0.29) is 18.7 Å². The Bertz CT molecular complexity index is 706. The fourth-order valence-corrected chi connectivity index (χ4v) is 3.36. The predicted octanol–water partition coefficient (Wildman–Crippen LogP) is 2.63. The normalized spacial score (nSPS) is 16.5. The second-order valence-electron chi connectivity index (χ2n) is 6.25. The molecular weight excluding hydrogens is 304 g/mol. The molecule has 6 heteroatoms. The number of amides is 2. The third-order valence-electron chi connectivity index (χ3n) is 4.66. The first-order valence-electron chi connectivity index (χ1n) is 8.37. The summed E-state index contributed by atoms with van der Waals surface area (Å²) in [4.78, 5) is 14.5. The van der Waals surface area contributed by atoms with E-state index in [1.807, 2.05) is 32.2 Å². The van der Waals surface area contributed by atoms with Gasteiger partial charge in [0.1, 0.15) is 0 Å². The summed E-state index contributed by atoms with van der Waals surface area (Å²) in [5.74, 6) is 0.534. The van der Waals surface area contributed by atoms with E-state index in [4.69, 9.17) is 0 Å². The molecule has 0 saturated carbocycles. The van der Waals surface area contributed by atoms with E-state index in [2.05, 4.69) is 22.5 Å². The SMILES string of the molecule is Cc1cc(NC(=O)N(CCO)C2CCCc3ccccc32)nn1C. The first-order chi connectivity index (χ1) is 11.6. The summed E-state index contributed by atoms with van der Waals surface area (Å²) < 4.78 is 1.72. The van der Waals surface area contributed by atoms with E-state index in [1.165, 1.54) is 11.1 Å². The van der Waals surface area contributed by atoms with Gasteiger partial charge in [-0.05, 0) is 37.3 Å². The third-order valence-corrected chi connectivity index (χ3v) is 4.66. The first-order valence-corrected chi connectivity index (χ1v) is 8.37. The number of rotatable bonds is 4. The van der Waals surface area contributed by atoms with Crippen molar-refractivity contribution in [1.82, 2.24) is 14.7 Å². The van der Waals surface area contributed by atoms with Crippen LogP contribution in [0.15, 0.2) is 30.3 Å². The van der Waals surface area contributed by atoms with Crippen LogP contribution in [0.1, 0.15) is 35.7 Å². The lowest BCUT2D eigenvalue weighted by Gasteiger charge is -2.35. The molecule has 1 atom stereocenters. The minimum atomic E-state index is -0.219. The molecule has 0 radical (unpaired) electrons. The Morgan fingerprint density at radius 1 is 1.46 bits per heavy atom. The van der Waals surface area contributed by atoms with Crippen LogP contribution >= 0.6 is 0 Å². The lowest BCUT2D eigenvalue weighted by molar-refractivity contribution is 0.154. The highest BCUT2D eigenvalue weighted by Crippen LogP contribution is 2.34. The van der Waals surface area contributed by atoms with Crippen LogP contribution in [0.5, 0.6) is 0 Å². The molecule has 2 aromatic rings. The molecule has 1 heterocycles. The Morgan fingerprint density at radius 2 is 2.25 bits per heavy atom. The summed E-state index contributed by atoms with van der Waals surface area (Å²) in [7, 11) is 1.84. The van der Waals surface area contributed by atoms with Gasteiger partial charge in [-0.15, -0.1) is 0 Å². The van der Waals surface area contributed by atoms with Crippen molar-refractivity contribution < 1.29 is 9.90 Å². The van der Waals surface area contributed by atoms with Gasteiger partial charge in [0.05, 0.1) is 12.6 Å². The Hall–Kier alpha value is -2.34. The summed E-state index contributed by atoms with van der Waals surface area (Å²) >= 11 is 0. The minimum Gasteiger partial charge on any atom is -0.395 e. The fraction of sp³-hybridized carbons (Fsp3) is 0.444. The van der Waals surface area contributed by atoms with E-state index in [0.717, 1.165) is 25.0 Å². The van der Waals surface area contributed by atoms with Crippen molar-refractivity contribution in [2.45, 2.75) is 32.2 Å². The van der Waals surface area contributed by atoms with Crippen molar-refractivity contribution in [3.63, 3.8) is 0 Å². The molecular formula is C18H24N4O2. The van der Waals surface area contributed by atoms with E-state index in [9.17, 15) is 9.90 Å². The molecule has 0 spiro atoms. The molecule has 24 heavy (non-hydrogen) atoms. The number of anilines is 1. The van der Waals surface area contributed by atoms with E-state index >= 15 is 0 Å². The van der Waals surface area contributed by atoms with Crippen molar-refractivity contribution in [1.29, 1.82) is 0 Å². The molecule has 1 aromatic heterocycles. The maximum absolute atomic E-state index is 12.8. The van der Waals surface area contributed by atoms with Gasteiger partial charge in [-0.25, -0.2) is 4.79 Å². The lowest BCUT2D eigenvalue weighted by Crippen LogP contribution is -2.41. The number of hydrogen-bond donors (Lipinski definition) is 2. The molecule has 0 aliphatic heterocycles. The van der Waals surface area contributed by atoms with Crippen LogP contribution in [0, 0.1) is 6.92 Å². The Labute approximate surface area is 142 Å². The third kappa shape index (κ3) is 3.28. The van der Waals surface area contributed by atoms with Crippen LogP contribution in [0.3, 0.4) is 0 Å². The molecule has 0 bridgehead atoms. The van der Waals surface area contributed by atoms with Crippen LogP contribution in [-0.4, -0.2) is 39.0 Å². The Kier molecular flexibility index (Phi) is 4.85. The number of urea groups is 1. The number of nitrogens with zero attached hydrogens (tertiary/aromatic N) is 3. The molecule has 2 N–H and O–H groups in total. The van der Waals surface area contributed by atoms with Crippen molar-refractivity contribution in [2.24, 2.45) is 7.05 Å². The fourth-order valence-electron chi connectivity index (χ4n) is 3.36. The molecule has 0 fully saturated rings. The average Bonchev–Trinajstić information content (AvgIpc) is 2.89. The van der Waals surface area contributed by atoms with Gasteiger partial charge in [-0.1, -0.05) is 24.3 Å². The number of benzene rings is 1. The van der Waals surface area contributed by atoms with Crippen molar-refractivity contribution >= 4 is 11.8 Å².